The highest BCUT2D eigenvalue weighted by Gasteiger charge is 2.26. The van der Waals surface area contributed by atoms with E-state index in [2.05, 4.69) is 4.72 Å². The van der Waals surface area contributed by atoms with Crippen LogP contribution in [0.15, 0.2) is 54.6 Å². The summed E-state index contributed by atoms with van der Waals surface area (Å²) in [6.45, 7) is -0.633. The molecular weight excluding hydrogens is 348 g/mol. The summed E-state index contributed by atoms with van der Waals surface area (Å²) < 4.78 is 26.7. The topological polar surface area (TPSA) is 130 Å². The first-order valence-corrected chi connectivity index (χ1v) is 9.05. The van der Waals surface area contributed by atoms with Gasteiger partial charge in [0, 0.05) is 12.1 Å². The Kier molecular flexibility index (Phi) is 6.21. The second kappa shape index (κ2) is 8.17. The molecule has 25 heavy (non-hydrogen) atoms. The Morgan fingerprint density at radius 2 is 1.68 bits per heavy atom. The summed E-state index contributed by atoms with van der Waals surface area (Å²) in [4.78, 5) is 10.1. The molecule has 0 heterocycles. The summed E-state index contributed by atoms with van der Waals surface area (Å²) in [6, 6.07) is 12.3. The molecule has 0 bridgehead atoms. The van der Waals surface area contributed by atoms with Crippen molar-refractivity contribution >= 4 is 15.7 Å². The zero-order valence-electron chi connectivity index (χ0n) is 13.1. The number of nitro groups is 1. The summed E-state index contributed by atoms with van der Waals surface area (Å²) in [5.41, 5.74) is 0.671. The second-order valence-electron chi connectivity index (χ2n) is 5.45. The lowest BCUT2D eigenvalue weighted by Crippen LogP contribution is -2.42. The van der Waals surface area contributed by atoms with Crippen LogP contribution in [0.4, 0.5) is 5.69 Å². The van der Waals surface area contributed by atoms with E-state index in [1.807, 2.05) is 0 Å². The molecule has 9 heteroatoms. The van der Waals surface area contributed by atoms with Gasteiger partial charge in [-0.2, -0.15) is 0 Å². The van der Waals surface area contributed by atoms with E-state index in [-0.39, 0.29) is 17.0 Å². The maximum atomic E-state index is 12.2. The van der Waals surface area contributed by atoms with Crippen molar-refractivity contribution in [1.29, 1.82) is 0 Å². The van der Waals surface area contributed by atoms with E-state index in [0.29, 0.717) is 5.56 Å². The van der Waals surface area contributed by atoms with Crippen molar-refractivity contribution < 1.29 is 23.6 Å². The Bertz CT molecular complexity index is 808. The van der Waals surface area contributed by atoms with Crippen molar-refractivity contribution in [3.63, 3.8) is 0 Å². The molecule has 0 fully saturated rings. The molecule has 2 aromatic carbocycles. The third-order valence-corrected chi connectivity index (χ3v) is 4.93. The largest absolute Gasteiger partial charge is 0.395 e. The maximum absolute atomic E-state index is 12.2. The van der Waals surface area contributed by atoms with Crippen LogP contribution in [0.25, 0.3) is 0 Å². The zero-order valence-corrected chi connectivity index (χ0v) is 14.0. The van der Waals surface area contributed by atoms with Gasteiger partial charge in [-0.05, 0) is 23.3 Å². The van der Waals surface area contributed by atoms with Crippen molar-refractivity contribution in [1.82, 2.24) is 4.72 Å². The smallest absolute Gasteiger partial charge is 0.269 e. The second-order valence-corrected chi connectivity index (χ2v) is 7.20. The van der Waals surface area contributed by atoms with Crippen molar-refractivity contribution in [2.45, 2.75) is 17.9 Å². The average Bonchev–Trinajstić information content (AvgIpc) is 2.59. The first-order valence-electron chi connectivity index (χ1n) is 7.39. The van der Waals surface area contributed by atoms with Crippen LogP contribution in [-0.4, -0.2) is 36.2 Å². The van der Waals surface area contributed by atoms with Crippen LogP contribution in [0.5, 0.6) is 0 Å². The summed E-state index contributed by atoms with van der Waals surface area (Å²) in [5, 5.41) is 30.4. The van der Waals surface area contributed by atoms with Gasteiger partial charge >= 0.3 is 0 Å². The number of nitrogens with zero attached hydrogens (tertiary/aromatic N) is 1. The molecule has 8 nitrogen and oxygen atoms in total. The minimum absolute atomic E-state index is 0.152. The molecule has 2 aromatic rings. The normalized spacial score (nSPS) is 14.0. The molecule has 0 saturated carbocycles. The van der Waals surface area contributed by atoms with E-state index in [1.54, 1.807) is 30.3 Å². The molecule has 0 saturated heterocycles. The molecule has 0 radical (unpaired) electrons. The van der Waals surface area contributed by atoms with Crippen molar-refractivity contribution in [3.05, 3.63) is 75.8 Å². The first kappa shape index (κ1) is 19.0. The van der Waals surface area contributed by atoms with Gasteiger partial charge in [-0.3, -0.25) is 10.1 Å². The Labute approximate surface area is 145 Å². The lowest BCUT2D eigenvalue weighted by Gasteiger charge is -2.22. The number of aliphatic hydroxyl groups is 2. The van der Waals surface area contributed by atoms with Gasteiger partial charge in [0.1, 0.15) is 0 Å². The first-order chi connectivity index (χ1) is 11.8. The third kappa shape index (κ3) is 5.33. The third-order valence-electron chi connectivity index (χ3n) is 3.55. The van der Waals surface area contributed by atoms with Gasteiger partial charge in [-0.25, -0.2) is 13.1 Å². The maximum Gasteiger partial charge on any atom is 0.269 e. The highest BCUT2D eigenvalue weighted by molar-refractivity contribution is 7.88. The summed E-state index contributed by atoms with van der Waals surface area (Å²) >= 11 is 0. The molecule has 0 aliphatic rings. The molecule has 2 atom stereocenters. The summed E-state index contributed by atoms with van der Waals surface area (Å²) in [6.07, 6.45) is -1.35. The van der Waals surface area contributed by atoms with E-state index < -0.39 is 33.7 Å². The number of benzene rings is 2. The van der Waals surface area contributed by atoms with Crippen LogP contribution in [0.2, 0.25) is 0 Å². The van der Waals surface area contributed by atoms with E-state index >= 15 is 0 Å². The number of rotatable bonds is 8. The number of hydrogen-bond donors (Lipinski definition) is 3. The van der Waals surface area contributed by atoms with Gasteiger partial charge < -0.3 is 10.2 Å². The number of sulfonamides is 1. The number of hydrogen-bond acceptors (Lipinski definition) is 6. The molecule has 0 unspecified atom stereocenters. The van der Waals surface area contributed by atoms with Gasteiger partial charge in [0.25, 0.3) is 5.69 Å². The summed E-state index contributed by atoms with van der Waals surface area (Å²) in [7, 11) is -3.80. The molecule has 2 rings (SSSR count). The highest BCUT2D eigenvalue weighted by Crippen LogP contribution is 2.21. The molecular formula is C16H18N2O6S. The predicted molar refractivity (Wildman–Crippen MR) is 91.1 cm³/mol. The number of nitro benzene ring substituents is 1. The van der Waals surface area contributed by atoms with Crippen LogP contribution in [-0.2, 0) is 15.8 Å². The van der Waals surface area contributed by atoms with Crippen LogP contribution < -0.4 is 4.72 Å². The fourth-order valence-electron chi connectivity index (χ4n) is 2.29. The SMILES string of the molecule is O=[N+]([O-])c1ccc([C@H](O)[C@H](CO)NS(=O)(=O)Cc2ccccc2)cc1. The monoisotopic (exact) mass is 366 g/mol. The molecule has 0 amide bonds. The van der Waals surface area contributed by atoms with Gasteiger partial charge in [0.15, 0.2) is 0 Å². The Balaban J connectivity index is 2.11. The van der Waals surface area contributed by atoms with Crippen molar-refractivity contribution in [2.24, 2.45) is 0 Å². The highest BCUT2D eigenvalue weighted by atomic mass is 32.2. The van der Waals surface area contributed by atoms with Gasteiger partial charge in [-0.15, -0.1) is 0 Å². The van der Waals surface area contributed by atoms with E-state index in [9.17, 15) is 28.7 Å². The average molecular weight is 366 g/mol. The standard InChI is InChI=1S/C16H18N2O6S/c19-10-15(16(20)13-6-8-14(9-7-13)18(21)22)17-25(23,24)11-12-4-2-1-3-5-12/h1-9,15-17,19-20H,10-11H2/t15-,16-/m0/s1. The molecule has 0 aliphatic heterocycles. The molecule has 0 aromatic heterocycles. The van der Waals surface area contributed by atoms with E-state index in [4.69, 9.17) is 0 Å². The summed E-state index contributed by atoms with van der Waals surface area (Å²) in [5.74, 6) is -0.294. The van der Waals surface area contributed by atoms with E-state index in [1.165, 1.54) is 24.3 Å². The Morgan fingerprint density at radius 1 is 1.08 bits per heavy atom. The van der Waals surface area contributed by atoms with Crippen LogP contribution in [0, 0.1) is 10.1 Å². The van der Waals surface area contributed by atoms with E-state index in [0.717, 1.165) is 0 Å². The minimum atomic E-state index is -3.80. The molecule has 0 aliphatic carbocycles. The lowest BCUT2D eigenvalue weighted by molar-refractivity contribution is -0.384. The lowest BCUT2D eigenvalue weighted by atomic mass is 10.0. The zero-order chi connectivity index (χ0) is 18.4. The van der Waals surface area contributed by atoms with Crippen LogP contribution in [0.3, 0.4) is 0 Å². The number of nitrogens with one attached hydrogen (secondary N) is 1. The fourth-order valence-corrected chi connectivity index (χ4v) is 3.67. The van der Waals surface area contributed by atoms with Crippen molar-refractivity contribution in [3.8, 4) is 0 Å². The minimum Gasteiger partial charge on any atom is -0.395 e. The van der Waals surface area contributed by atoms with Crippen LogP contribution >= 0.6 is 0 Å². The Morgan fingerprint density at radius 3 is 2.20 bits per heavy atom. The quantitative estimate of drug-likeness (QED) is 0.474. The predicted octanol–water partition coefficient (Wildman–Crippen LogP) is 1.11. The molecule has 3 N–H and O–H groups in total. The molecule has 0 spiro atoms. The van der Waals surface area contributed by atoms with Crippen LogP contribution in [0.1, 0.15) is 17.2 Å². The van der Waals surface area contributed by atoms with Crippen molar-refractivity contribution in [2.75, 3.05) is 6.61 Å². The molecule has 134 valence electrons. The fraction of sp³-hybridized carbons (Fsp3) is 0.250. The Hall–Kier alpha value is -2.33. The van der Waals surface area contributed by atoms with Gasteiger partial charge in [0.05, 0.1) is 29.4 Å². The van der Waals surface area contributed by atoms with Gasteiger partial charge in [0.2, 0.25) is 10.0 Å². The van der Waals surface area contributed by atoms with Gasteiger partial charge in [-0.1, -0.05) is 30.3 Å². The number of aliphatic hydroxyl groups excluding tert-OH is 2. The number of non-ortho nitro benzene ring substituents is 1.